The number of hydrogen-bond donors (Lipinski definition) is 2. The number of aromatic hydroxyl groups is 1. The van der Waals surface area contributed by atoms with Gasteiger partial charge >= 0.3 is 0 Å². The molecule has 0 saturated heterocycles. The van der Waals surface area contributed by atoms with Crippen molar-refractivity contribution in [3.8, 4) is 5.75 Å². The fraction of sp³-hybridized carbons (Fsp3) is 0.211. The van der Waals surface area contributed by atoms with Crippen molar-refractivity contribution in [3.05, 3.63) is 60.0 Å². The monoisotopic (exact) mass is 341 g/mol. The third-order valence-corrected chi connectivity index (χ3v) is 2.98. The first-order chi connectivity index (χ1) is 12.2. The number of benzene rings is 1. The molecule has 2 aromatic heterocycles. The van der Waals surface area contributed by atoms with E-state index in [2.05, 4.69) is 10.3 Å². The van der Waals surface area contributed by atoms with E-state index in [-0.39, 0.29) is 11.7 Å². The van der Waals surface area contributed by atoms with Gasteiger partial charge in [0, 0.05) is 18.0 Å². The maximum atomic E-state index is 12.0. The van der Waals surface area contributed by atoms with E-state index in [9.17, 15) is 14.7 Å². The largest absolute Gasteiger partial charge is 0.508 e. The molecule has 0 unspecified atom stereocenters. The summed E-state index contributed by atoms with van der Waals surface area (Å²) in [7, 11) is 0. The summed E-state index contributed by atoms with van der Waals surface area (Å²) in [5.74, 6) is -0.183. The Kier molecular flexibility index (Phi) is 7.86. The first-order valence-electron chi connectivity index (χ1n) is 8.20. The van der Waals surface area contributed by atoms with Crippen LogP contribution in [0, 0.1) is 0 Å². The number of nitrogens with one attached hydrogen (secondary N) is 1. The van der Waals surface area contributed by atoms with Crippen molar-refractivity contribution in [1.82, 2.24) is 9.38 Å². The van der Waals surface area contributed by atoms with Gasteiger partial charge in [0.15, 0.2) is 6.29 Å². The molecule has 2 heterocycles. The molecule has 6 nitrogen and oxygen atoms in total. The van der Waals surface area contributed by atoms with E-state index in [0.29, 0.717) is 28.9 Å². The average Bonchev–Trinajstić information content (AvgIpc) is 3.08. The lowest BCUT2D eigenvalue weighted by molar-refractivity contribution is 0.102. The van der Waals surface area contributed by atoms with Gasteiger partial charge in [-0.15, -0.1) is 0 Å². The summed E-state index contributed by atoms with van der Waals surface area (Å²) in [6, 6.07) is 9.37. The van der Waals surface area contributed by atoms with Gasteiger partial charge in [-0.1, -0.05) is 27.7 Å². The zero-order chi connectivity index (χ0) is 18.8. The van der Waals surface area contributed by atoms with Crippen molar-refractivity contribution in [2.75, 3.05) is 5.32 Å². The lowest BCUT2D eigenvalue weighted by atomic mass is 10.2. The van der Waals surface area contributed by atoms with Crippen molar-refractivity contribution >= 4 is 23.5 Å². The van der Waals surface area contributed by atoms with E-state index in [4.69, 9.17) is 0 Å². The fourth-order valence-corrected chi connectivity index (χ4v) is 1.96. The van der Waals surface area contributed by atoms with Crippen LogP contribution in [0.3, 0.4) is 0 Å². The number of pyridine rings is 1. The van der Waals surface area contributed by atoms with Crippen LogP contribution < -0.4 is 5.32 Å². The number of imidazole rings is 1. The quantitative estimate of drug-likeness (QED) is 0.701. The Morgan fingerprint density at radius 1 is 1.04 bits per heavy atom. The first-order valence-corrected chi connectivity index (χ1v) is 8.20. The van der Waals surface area contributed by atoms with Crippen LogP contribution in [0.5, 0.6) is 5.75 Å². The highest BCUT2D eigenvalue weighted by Crippen LogP contribution is 2.14. The molecule has 132 valence electrons. The van der Waals surface area contributed by atoms with E-state index in [1.54, 1.807) is 28.9 Å². The van der Waals surface area contributed by atoms with Crippen LogP contribution in [-0.4, -0.2) is 26.7 Å². The molecule has 0 aliphatic heterocycles. The molecule has 3 rings (SSSR count). The molecule has 0 aliphatic rings. The van der Waals surface area contributed by atoms with Crippen LogP contribution in [0.4, 0.5) is 5.69 Å². The van der Waals surface area contributed by atoms with Crippen LogP contribution in [0.15, 0.2) is 48.8 Å². The van der Waals surface area contributed by atoms with Gasteiger partial charge in [0.1, 0.15) is 17.1 Å². The zero-order valence-electron chi connectivity index (χ0n) is 14.9. The molecule has 0 atom stereocenters. The Morgan fingerprint density at radius 2 is 1.68 bits per heavy atom. The number of anilines is 1. The maximum Gasteiger partial charge on any atom is 0.255 e. The van der Waals surface area contributed by atoms with Crippen LogP contribution in [0.25, 0.3) is 5.65 Å². The molecule has 2 N–H and O–H groups in total. The molecular formula is C19H23N3O3. The van der Waals surface area contributed by atoms with Crippen molar-refractivity contribution in [1.29, 1.82) is 0 Å². The zero-order valence-corrected chi connectivity index (χ0v) is 14.9. The number of fused-ring (bicyclic) bond motifs is 1. The Bertz CT molecular complexity index is 824. The number of carbonyl (C=O) groups excluding carboxylic acids is 2. The minimum atomic E-state index is -0.287. The maximum absolute atomic E-state index is 12.0. The molecule has 25 heavy (non-hydrogen) atoms. The lowest BCUT2D eigenvalue weighted by Gasteiger charge is -2.06. The van der Waals surface area contributed by atoms with Crippen LogP contribution in [0.2, 0.25) is 0 Å². The van der Waals surface area contributed by atoms with Crippen LogP contribution in [-0.2, 0) is 0 Å². The van der Waals surface area contributed by atoms with Gasteiger partial charge in [0.2, 0.25) is 0 Å². The van der Waals surface area contributed by atoms with Gasteiger partial charge in [-0.05, 0) is 36.4 Å². The van der Waals surface area contributed by atoms with Gasteiger partial charge in [0.25, 0.3) is 5.91 Å². The number of nitrogens with zero attached hydrogens (tertiary/aromatic N) is 2. The summed E-state index contributed by atoms with van der Waals surface area (Å²) in [6.07, 6.45) is 3.92. The summed E-state index contributed by atoms with van der Waals surface area (Å²) in [6.45, 7) is 8.00. The van der Waals surface area contributed by atoms with E-state index >= 15 is 0 Å². The molecule has 3 aromatic rings. The Labute approximate surface area is 147 Å². The predicted octanol–water partition coefficient (Wildman–Crippen LogP) is 4.16. The number of amides is 1. The normalized spacial score (nSPS) is 9.28. The molecule has 0 fully saturated rings. The highest BCUT2D eigenvalue weighted by molar-refractivity contribution is 6.04. The SMILES string of the molecule is CC.CC.O=Cc1cn2cc(NC(=O)c3ccc(O)cc3)ccc2n1. The summed E-state index contributed by atoms with van der Waals surface area (Å²) in [5.41, 5.74) is 1.97. The molecular weight excluding hydrogens is 318 g/mol. The number of carbonyl (C=O) groups is 2. The minimum Gasteiger partial charge on any atom is -0.508 e. The predicted molar refractivity (Wildman–Crippen MR) is 99.3 cm³/mol. The van der Waals surface area contributed by atoms with E-state index in [1.165, 1.54) is 24.3 Å². The Morgan fingerprint density at radius 3 is 2.28 bits per heavy atom. The minimum absolute atomic E-state index is 0.104. The number of aromatic nitrogens is 2. The third kappa shape index (κ3) is 5.17. The second kappa shape index (κ2) is 9.87. The summed E-state index contributed by atoms with van der Waals surface area (Å²) in [5, 5.41) is 11.9. The molecule has 0 spiro atoms. The van der Waals surface area contributed by atoms with E-state index in [1.807, 2.05) is 27.7 Å². The van der Waals surface area contributed by atoms with Crippen molar-refractivity contribution in [3.63, 3.8) is 0 Å². The standard InChI is InChI=1S/C15H11N3O3.2C2H6/c19-9-12-8-18-7-11(3-6-14(18)16-12)17-15(21)10-1-4-13(20)5-2-10;2*1-2/h1-9,20H,(H,17,21);2*1-2H3. The molecule has 0 aliphatic carbocycles. The molecule has 1 aromatic carbocycles. The molecule has 0 saturated carbocycles. The first kappa shape index (κ1) is 19.9. The number of aldehydes is 1. The smallest absolute Gasteiger partial charge is 0.255 e. The molecule has 1 amide bonds. The van der Waals surface area contributed by atoms with Crippen molar-refractivity contribution < 1.29 is 14.7 Å². The second-order valence-corrected chi connectivity index (χ2v) is 4.47. The summed E-state index contributed by atoms with van der Waals surface area (Å²) >= 11 is 0. The van der Waals surface area contributed by atoms with Crippen LogP contribution >= 0.6 is 0 Å². The Balaban J connectivity index is 0.000000730. The molecule has 6 heteroatoms. The Hall–Kier alpha value is -3.15. The number of phenolic OH excluding ortho intramolecular Hbond substituents is 1. The van der Waals surface area contributed by atoms with Gasteiger partial charge < -0.3 is 14.8 Å². The van der Waals surface area contributed by atoms with E-state index < -0.39 is 0 Å². The third-order valence-electron chi connectivity index (χ3n) is 2.98. The molecule has 0 bridgehead atoms. The summed E-state index contributed by atoms with van der Waals surface area (Å²) in [4.78, 5) is 26.8. The molecule has 0 radical (unpaired) electrons. The van der Waals surface area contributed by atoms with E-state index in [0.717, 1.165) is 0 Å². The number of phenols is 1. The van der Waals surface area contributed by atoms with Gasteiger partial charge in [-0.25, -0.2) is 4.98 Å². The average molecular weight is 341 g/mol. The van der Waals surface area contributed by atoms with Crippen molar-refractivity contribution in [2.24, 2.45) is 0 Å². The van der Waals surface area contributed by atoms with Crippen molar-refractivity contribution in [2.45, 2.75) is 27.7 Å². The van der Waals surface area contributed by atoms with Gasteiger partial charge in [0.05, 0.1) is 5.69 Å². The number of rotatable bonds is 3. The number of hydrogen-bond acceptors (Lipinski definition) is 4. The highest BCUT2D eigenvalue weighted by atomic mass is 16.3. The van der Waals surface area contributed by atoms with Gasteiger partial charge in [-0.2, -0.15) is 0 Å². The van der Waals surface area contributed by atoms with Crippen LogP contribution in [0.1, 0.15) is 48.5 Å². The topological polar surface area (TPSA) is 83.7 Å². The van der Waals surface area contributed by atoms with Gasteiger partial charge in [-0.3, -0.25) is 9.59 Å². The second-order valence-electron chi connectivity index (χ2n) is 4.47. The summed E-state index contributed by atoms with van der Waals surface area (Å²) < 4.78 is 1.66. The fourth-order valence-electron chi connectivity index (χ4n) is 1.96. The lowest BCUT2D eigenvalue weighted by Crippen LogP contribution is -2.11. The highest BCUT2D eigenvalue weighted by Gasteiger charge is 2.07.